The van der Waals surface area contributed by atoms with E-state index in [1.165, 1.54) is 0 Å². The first-order chi connectivity index (χ1) is 7.55. The fraction of sp³-hybridized carbons (Fsp3) is 0.300. The Balaban J connectivity index is 2.65. The Bertz CT molecular complexity index is 444. The summed E-state index contributed by atoms with van der Waals surface area (Å²) in [5.74, 6) is -0.910. The maximum absolute atomic E-state index is 11.6. The normalized spacial score (nSPS) is 11.3. The molecule has 0 saturated heterocycles. The van der Waals surface area contributed by atoms with Crippen molar-refractivity contribution in [3.8, 4) is 0 Å². The van der Waals surface area contributed by atoms with Crippen molar-refractivity contribution in [1.29, 1.82) is 0 Å². The molecule has 0 heterocycles. The third-order valence-corrected chi connectivity index (χ3v) is 3.52. The largest absolute Gasteiger partial charge is 0.293 e. The molecule has 0 aromatic heterocycles. The molecule has 6 heteroatoms. The fourth-order valence-electron chi connectivity index (χ4n) is 1.13. The van der Waals surface area contributed by atoms with Crippen LogP contribution >= 0.6 is 15.9 Å². The maximum atomic E-state index is 11.6. The van der Waals surface area contributed by atoms with Gasteiger partial charge in [0.05, 0.1) is 0 Å². The van der Waals surface area contributed by atoms with Crippen LogP contribution < -0.4 is 4.72 Å². The first-order valence-corrected chi connectivity index (χ1v) is 7.44. The molecule has 0 spiro atoms. The van der Waals surface area contributed by atoms with Gasteiger partial charge in [0, 0.05) is 17.4 Å². The molecule has 0 unspecified atom stereocenters. The highest BCUT2D eigenvalue weighted by atomic mass is 79.9. The molecule has 0 saturated carbocycles. The second-order valence-corrected chi connectivity index (χ2v) is 5.73. The Hall–Kier alpha value is -0.720. The number of halogens is 1. The Labute approximate surface area is 103 Å². The lowest BCUT2D eigenvalue weighted by atomic mass is 10.2. The van der Waals surface area contributed by atoms with Crippen molar-refractivity contribution in [2.45, 2.75) is 0 Å². The van der Waals surface area contributed by atoms with Gasteiger partial charge in [0.25, 0.3) is 0 Å². The van der Waals surface area contributed by atoms with Gasteiger partial charge in [0.2, 0.25) is 10.0 Å². The van der Waals surface area contributed by atoms with Crippen LogP contribution in [0.5, 0.6) is 0 Å². The summed E-state index contributed by atoms with van der Waals surface area (Å²) in [6, 6.07) is 8.37. The summed E-state index contributed by atoms with van der Waals surface area (Å²) in [7, 11) is -3.52. The predicted molar refractivity (Wildman–Crippen MR) is 66.4 cm³/mol. The lowest BCUT2D eigenvalue weighted by Gasteiger charge is -2.04. The molecule has 4 nitrogen and oxygen atoms in total. The van der Waals surface area contributed by atoms with Gasteiger partial charge in [-0.1, -0.05) is 46.3 Å². The Kier molecular flexibility index (Phi) is 5.11. The topological polar surface area (TPSA) is 63.2 Å². The Morgan fingerprint density at radius 3 is 2.44 bits per heavy atom. The monoisotopic (exact) mass is 305 g/mol. The molecular weight excluding hydrogens is 294 g/mol. The zero-order chi connectivity index (χ0) is 12.0. The third kappa shape index (κ3) is 4.42. The summed E-state index contributed by atoms with van der Waals surface area (Å²) in [4.78, 5) is 11.6. The van der Waals surface area contributed by atoms with Gasteiger partial charge >= 0.3 is 0 Å². The van der Waals surface area contributed by atoms with Gasteiger partial charge in [-0.3, -0.25) is 4.79 Å². The van der Waals surface area contributed by atoms with Crippen LogP contribution in [0.1, 0.15) is 10.4 Å². The molecule has 1 N–H and O–H groups in total. The molecule has 1 aromatic carbocycles. The summed E-state index contributed by atoms with van der Waals surface area (Å²) in [5.41, 5.74) is 0.409. The number of hydrogen-bond donors (Lipinski definition) is 1. The highest BCUT2D eigenvalue weighted by molar-refractivity contribution is 9.09. The molecule has 16 heavy (non-hydrogen) atoms. The summed E-state index contributed by atoms with van der Waals surface area (Å²) in [6.45, 7) is 0.282. The zero-order valence-electron chi connectivity index (χ0n) is 8.52. The Morgan fingerprint density at radius 2 is 1.88 bits per heavy atom. The number of Topliss-reactive ketones (excluding diaryl/α,β-unsaturated/α-hetero) is 1. The van der Waals surface area contributed by atoms with E-state index >= 15 is 0 Å². The highest BCUT2D eigenvalue weighted by Gasteiger charge is 2.16. The van der Waals surface area contributed by atoms with Crippen LogP contribution in [0.2, 0.25) is 0 Å². The molecule has 1 rings (SSSR count). The molecule has 0 aliphatic carbocycles. The minimum Gasteiger partial charge on any atom is -0.293 e. The second kappa shape index (κ2) is 6.12. The average molecular weight is 306 g/mol. The number of rotatable bonds is 6. The molecule has 0 radical (unpaired) electrons. The molecule has 0 bridgehead atoms. The maximum Gasteiger partial charge on any atom is 0.219 e. The van der Waals surface area contributed by atoms with E-state index in [2.05, 4.69) is 20.7 Å². The van der Waals surface area contributed by atoms with Gasteiger partial charge in [0.15, 0.2) is 5.78 Å². The highest BCUT2D eigenvalue weighted by Crippen LogP contribution is 2.01. The van der Waals surface area contributed by atoms with Gasteiger partial charge in [-0.05, 0) is 0 Å². The molecule has 0 fully saturated rings. The van der Waals surface area contributed by atoms with Crippen molar-refractivity contribution in [2.75, 3.05) is 17.6 Å². The molecule has 88 valence electrons. The molecule has 1 aromatic rings. The number of hydrogen-bond acceptors (Lipinski definition) is 3. The van der Waals surface area contributed by atoms with Crippen molar-refractivity contribution in [2.24, 2.45) is 0 Å². The summed E-state index contributed by atoms with van der Waals surface area (Å²) in [5, 5.41) is 0.520. The first kappa shape index (κ1) is 13.3. The smallest absolute Gasteiger partial charge is 0.219 e. The third-order valence-electron chi connectivity index (χ3n) is 1.83. The lowest BCUT2D eigenvalue weighted by molar-refractivity contribution is 0.102. The lowest BCUT2D eigenvalue weighted by Crippen LogP contribution is -2.31. The van der Waals surface area contributed by atoms with E-state index in [-0.39, 0.29) is 6.54 Å². The van der Waals surface area contributed by atoms with E-state index < -0.39 is 21.6 Å². The molecular formula is C10H12BrNO3S. The van der Waals surface area contributed by atoms with E-state index in [1.54, 1.807) is 30.3 Å². The molecule has 0 atom stereocenters. The summed E-state index contributed by atoms with van der Waals surface area (Å²) in [6.07, 6.45) is 0. The number of benzene rings is 1. The van der Waals surface area contributed by atoms with Crippen LogP contribution in [0.4, 0.5) is 0 Å². The van der Waals surface area contributed by atoms with Crippen molar-refractivity contribution in [1.82, 2.24) is 4.72 Å². The van der Waals surface area contributed by atoms with Gasteiger partial charge in [-0.2, -0.15) is 0 Å². The number of sulfonamides is 1. The van der Waals surface area contributed by atoms with E-state index in [0.29, 0.717) is 10.9 Å². The van der Waals surface area contributed by atoms with Crippen LogP contribution in [0.15, 0.2) is 30.3 Å². The van der Waals surface area contributed by atoms with E-state index in [1.807, 2.05) is 0 Å². The molecule has 0 aliphatic rings. The quantitative estimate of drug-likeness (QED) is 0.634. The van der Waals surface area contributed by atoms with Crippen molar-refractivity contribution < 1.29 is 13.2 Å². The van der Waals surface area contributed by atoms with Crippen molar-refractivity contribution in [3.63, 3.8) is 0 Å². The number of nitrogens with one attached hydrogen (secondary N) is 1. The number of carbonyl (C=O) groups excluding carboxylic acids is 1. The van der Waals surface area contributed by atoms with Crippen LogP contribution in [0.3, 0.4) is 0 Å². The average Bonchev–Trinajstić information content (AvgIpc) is 2.27. The van der Waals surface area contributed by atoms with Gasteiger partial charge in [-0.15, -0.1) is 0 Å². The predicted octanol–water partition coefficient (Wildman–Crippen LogP) is 1.18. The minimum absolute atomic E-state index is 0.282. The standard InChI is InChI=1S/C10H12BrNO3S/c11-6-7-12-16(14,15)8-10(13)9-4-2-1-3-5-9/h1-5,12H,6-8H2. The van der Waals surface area contributed by atoms with E-state index in [4.69, 9.17) is 0 Å². The van der Waals surface area contributed by atoms with Crippen LogP contribution in [0, 0.1) is 0 Å². The Morgan fingerprint density at radius 1 is 1.25 bits per heavy atom. The summed E-state index contributed by atoms with van der Waals surface area (Å²) < 4.78 is 25.2. The number of carbonyl (C=O) groups is 1. The van der Waals surface area contributed by atoms with Gasteiger partial charge < -0.3 is 0 Å². The number of ketones is 1. The second-order valence-electron chi connectivity index (χ2n) is 3.13. The minimum atomic E-state index is -3.52. The van der Waals surface area contributed by atoms with E-state index in [0.717, 1.165) is 0 Å². The van der Waals surface area contributed by atoms with Crippen molar-refractivity contribution >= 4 is 31.7 Å². The summed E-state index contributed by atoms with van der Waals surface area (Å²) >= 11 is 3.10. The SMILES string of the molecule is O=C(CS(=O)(=O)NCCBr)c1ccccc1. The van der Waals surface area contributed by atoms with Crippen molar-refractivity contribution in [3.05, 3.63) is 35.9 Å². The fourth-order valence-corrected chi connectivity index (χ4v) is 2.61. The number of alkyl halides is 1. The first-order valence-electron chi connectivity index (χ1n) is 4.67. The zero-order valence-corrected chi connectivity index (χ0v) is 10.9. The van der Waals surface area contributed by atoms with Crippen LogP contribution in [-0.2, 0) is 10.0 Å². The molecule has 0 aliphatic heterocycles. The van der Waals surface area contributed by atoms with Crippen LogP contribution in [0.25, 0.3) is 0 Å². The van der Waals surface area contributed by atoms with Gasteiger partial charge in [-0.25, -0.2) is 13.1 Å². The molecule has 0 amide bonds. The van der Waals surface area contributed by atoms with E-state index in [9.17, 15) is 13.2 Å². The van der Waals surface area contributed by atoms with Crippen LogP contribution in [-0.4, -0.2) is 31.8 Å². The van der Waals surface area contributed by atoms with Gasteiger partial charge in [0.1, 0.15) is 5.75 Å².